The topological polar surface area (TPSA) is 52.6 Å². The van der Waals surface area contributed by atoms with Gasteiger partial charge in [0, 0.05) is 29.6 Å². The molecule has 0 aliphatic rings. The minimum atomic E-state index is 0.608. The largest absolute Gasteiger partial charge is 0.497 e. The van der Waals surface area contributed by atoms with Crippen molar-refractivity contribution in [1.29, 1.82) is 0 Å². The summed E-state index contributed by atoms with van der Waals surface area (Å²) in [7, 11) is 4.96. The second-order valence-electron chi connectivity index (χ2n) is 5.29. The van der Waals surface area contributed by atoms with Crippen LogP contribution in [0.5, 0.6) is 17.2 Å². The SMILES string of the molecule is COc1cc(CNc2nccc3c(OC)cccc23)cc(OC)c1. The first-order valence-corrected chi connectivity index (χ1v) is 7.62. The van der Waals surface area contributed by atoms with Crippen molar-refractivity contribution in [2.75, 3.05) is 26.6 Å². The van der Waals surface area contributed by atoms with Crippen LogP contribution in [0, 0.1) is 0 Å². The smallest absolute Gasteiger partial charge is 0.134 e. The average molecular weight is 324 g/mol. The Hall–Kier alpha value is -2.95. The van der Waals surface area contributed by atoms with Crippen LogP contribution in [0.25, 0.3) is 10.8 Å². The van der Waals surface area contributed by atoms with Crippen LogP contribution < -0.4 is 19.5 Å². The van der Waals surface area contributed by atoms with Crippen LogP contribution in [0.3, 0.4) is 0 Å². The Morgan fingerprint density at radius 3 is 2.29 bits per heavy atom. The van der Waals surface area contributed by atoms with Gasteiger partial charge < -0.3 is 19.5 Å². The van der Waals surface area contributed by atoms with Gasteiger partial charge in [0.2, 0.25) is 0 Å². The minimum absolute atomic E-state index is 0.608. The molecule has 0 aliphatic carbocycles. The zero-order chi connectivity index (χ0) is 16.9. The summed E-state index contributed by atoms with van der Waals surface area (Å²) < 4.78 is 16.0. The van der Waals surface area contributed by atoms with Crippen molar-refractivity contribution >= 4 is 16.6 Å². The van der Waals surface area contributed by atoms with Crippen molar-refractivity contribution in [1.82, 2.24) is 4.98 Å². The molecule has 0 amide bonds. The summed E-state index contributed by atoms with van der Waals surface area (Å²) in [6.07, 6.45) is 1.78. The van der Waals surface area contributed by atoms with Gasteiger partial charge in [0.15, 0.2) is 0 Å². The Labute approximate surface area is 141 Å². The van der Waals surface area contributed by atoms with Crippen LogP contribution in [0.2, 0.25) is 0 Å². The van der Waals surface area contributed by atoms with Gasteiger partial charge in [-0.15, -0.1) is 0 Å². The normalized spacial score (nSPS) is 10.5. The number of aromatic nitrogens is 1. The van der Waals surface area contributed by atoms with E-state index >= 15 is 0 Å². The average Bonchev–Trinajstić information content (AvgIpc) is 2.65. The van der Waals surface area contributed by atoms with E-state index in [1.165, 1.54) is 0 Å². The summed E-state index contributed by atoms with van der Waals surface area (Å²) in [5.41, 5.74) is 1.05. The van der Waals surface area contributed by atoms with Crippen LogP contribution >= 0.6 is 0 Å². The van der Waals surface area contributed by atoms with E-state index in [4.69, 9.17) is 14.2 Å². The third-order valence-corrected chi connectivity index (χ3v) is 3.86. The van der Waals surface area contributed by atoms with Gasteiger partial charge in [0.25, 0.3) is 0 Å². The van der Waals surface area contributed by atoms with Crippen molar-refractivity contribution in [3.63, 3.8) is 0 Å². The zero-order valence-corrected chi connectivity index (χ0v) is 14.0. The van der Waals surface area contributed by atoms with Gasteiger partial charge >= 0.3 is 0 Å². The fourth-order valence-corrected chi connectivity index (χ4v) is 2.65. The van der Waals surface area contributed by atoms with E-state index in [9.17, 15) is 0 Å². The van der Waals surface area contributed by atoms with Crippen LogP contribution in [-0.2, 0) is 6.54 Å². The first-order chi connectivity index (χ1) is 11.7. The van der Waals surface area contributed by atoms with Crippen molar-refractivity contribution in [3.8, 4) is 17.2 Å². The number of nitrogens with one attached hydrogen (secondary N) is 1. The third kappa shape index (κ3) is 3.20. The van der Waals surface area contributed by atoms with E-state index in [1.54, 1.807) is 27.5 Å². The first kappa shape index (κ1) is 15.9. The fourth-order valence-electron chi connectivity index (χ4n) is 2.65. The molecule has 0 saturated heterocycles. The molecule has 124 valence electrons. The molecule has 1 heterocycles. The van der Waals surface area contributed by atoms with Gasteiger partial charge in [0.1, 0.15) is 23.1 Å². The number of rotatable bonds is 6. The molecule has 3 rings (SSSR count). The monoisotopic (exact) mass is 324 g/mol. The van der Waals surface area contributed by atoms with Gasteiger partial charge in [-0.3, -0.25) is 0 Å². The van der Waals surface area contributed by atoms with Gasteiger partial charge in [-0.2, -0.15) is 0 Å². The number of ether oxygens (including phenoxy) is 3. The maximum Gasteiger partial charge on any atom is 0.134 e. The lowest BCUT2D eigenvalue weighted by Crippen LogP contribution is -2.03. The zero-order valence-electron chi connectivity index (χ0n) is 14.0. The molecule has 1 aromatic heterocycles. The van der Waals surface area contributed by atoms with Crippen LogP contribution in [0.4, 0.5) is 5.82 Å². The Morgan fingerprint density at radius 1 is 0.875 bits per heavy atom. The lowest BCUT2D eigenvalue weighted by Gasteiger charge is -2.12. The van der Waals surface area contributed by atoms with E-state index in [2.05, 4.69) is 10.3 Å². The number of nitrogens with zero attached hydrogens (tertiary/aromatic N) is 1. The maximum atomic E-state index is 5.42. The molecule has 0 bridgehead atoms. The molecule has 5 nitrogen and oxygen atoms in total. The molecular weight excluding hydrogens is 304 g/mol. The molecule has 0 fully saturated rings. The predicted molar refractivity (Wildman–Crippen MR) is 95.2 cm³/mol. The molecule has 0 saturated carbocycles. The number of methoxy groups -OCH3 is 3. The highest BCUT2D eigenvalue weighted by Gasteiger charge is 2.07. The number of anilines is 1. The fraction of sp³-hybridized carbons (Fsp3) is 0.211. The van der Waals surface area contributed by atoms with Crippen LogP contribution in [0.15, 0.2) is 48.7 Å². The molecule has 0 atom stereocenters. The molecule has 0 aliphatic heterocycles. The van der Waals surface area contributed by atoms with Crippen molar-refractivity contribution in [2.45, 2.75) is 6.54 Å². The first-order valence-electron chi connectivity index (χ1n) is 7.62. The quantitative estimate of drug-likeness (QED) is 0.746. The van der Waals surface area contributed by atoms with E-state index < -0.39 is 0 Å². The van der Waals surface area contributed by atoms with Gasteiger partial charge in [0.05, 0.1) is 21.3 Å². The molecule has 0 radical (unpaired) electrons. The lowest BCUT2D eigenvalue weighted by atomic mass is 10.1. The Bertz CT molecular complexity index is 827. The number of pyridine rings is 1. The summed E-state index contributed by atoms with van der Waals surface area (Å²) >= 11 is 0. The second-order valence-corrected chi connectivity index (χ2v) is 5.29. The Morgan fingerprint density at radius 2 is 1.62 bits per heavy atom. The van der Waals surface area contributed by atoms with E-state index in [1.807, 2.05) is 42.5 Å². The third-order valence-electron chi connectivity index (χ3n) is 3.86. The summed E-state index contributed by atoms with van der Waals surface area (Å²) in [6.45, 7) is 0.608. The number of hydrogen-bond acceptors (Lipinski definition) is 5. The van der Waals surface area contributed by atoms with Crippen LogP contribution in [-0.4, -0.2) is 26.3 Å². The molecule has 0 spiro atoms. The number of benzene rings is 2. The van der Waals surface area contributed by atoms with E-state index in [0.717, 1.165) is 39.4 Å². The summed E-state index contributed by atoms with van der Waals surface area (Å²) in [5, 5.41) is 5.43. The predicted octanol–water partition coefficient (Wildman–Crippen LogP) is 3.87. The number of fused-ring (bicyclic) bond motifs is 1. The number of hydrogen-bond donors (Lipinski definition) is 1. The summed E-state index contributed by atoms with van der Waals surface area (Å²) in [6, 6.07) is 13.7. The van der Waals surface area contributed by atoms with Crippen molar-refractivity contribution in [3.05, 3.63) is 54.2 Å². The lowest BCUT2D eigenvalue weighted by molar-refractivity contribution is 0.393. The van der Waals surface area contributed by atoms with E-state index in [-0.39, 0.29) is 0 Å². The molecule has 0 unspecified atom stereocenters. The maximum absolute atomic E-state index is 5.42. The molecule has 3 aromatic rings. The molecular formula is C19H20N2O3. The standard InChI is InChI=1S/C19H20N2O3/c1-22-14-9-13(10-15(11-14)23-2)12-21-19-17-5-4-6-18(24-3)16(17)7-8-20-19/h4-11H,12H2,1-3H3,(H,20,21). The molecule has 2 aromatic carbocycles. The summed E-state index contributed by atoms with van der Waals surface area (Å²) in [4.78, 5) is 4.45. The molecule has 24 heavy (non-hydrogen) atoms. The van der Waals surface area contributed by atoms with Gasteiger partial charge in [-0.25, -0.2) is 4.98 Å². The Kier molecular flexibility index (Phi) is 4.70. The van der Waals surface area contributed by atoms with Crippen molar-refractivity contribution < 1.29 is 14.2 Å². The van der Waals surface area contributed by atoms with E-state index in [0.29, 0.717) is 6.54 Å². The second kappa shape index (κ2) is 7.08. The minimum Gasteiger partial charge on any atom is -0.497 e. The highest BCUT2D eigenvalue weighted by molar-refractivity contribution is 5.95. The molecule has 5 heteroatoms. The highest BCUT2D eigenvalue weighted by Crippen LogP contribution is 2.29. The van der Waals surface area contributed by atoms with Gasteiger partial charge in [-0.05, 0) is 29.8 Å². The van der Waals surface area contributed by atoms with Crippen LogP contribution in [0.1, 0.15) is 5.56 Å². The van der Waals surface area contributed by atoms with Crippen molar-refractivity contribution in [2.24, 2.45) is 0 Å². The van der Waals surface area contributed by atoms with Gasteiger partial charge in [-0.1, -0.05) is 12.1 Å². The highest BCUT2D eigenvalue weighted by atomic mass is 16.5. The molecule has 1 N–H and O–H groups in total. The summed E-state index contributed by atoms with van der Waals surface area (Å²) in [5.74, 6) is 3.17. The Balaban J connectivity index is 1.89.